The SMILES string of the molecule is Cc1c(-c2cc(O)c(O)c(O)c2)cc(O)c(O)c1O. The van der Waals surface area contributed by atoms with Crippen molar-refractivity contribution in [1.82, 2.24) is 0 Å². The zero-order valence-electron chi connectivity index (χ0n) is 9.92. The Kier molecular flexibility index (Phi) is 2.78. The highest BCUT2D eigenvalue weighted by atomic mass is 16.3. The largest absolute Gasteiger partial charge is 0.504 e. The van der Waals surface area contributed by atoms with Crippen LogP contribution < -0.4 is 0 Å². The van der Waals surface area contributed by atoms with E-state index in [2.05, 4.69) is 0 Å². The molecule has 0 amide bonds. The van der Waals surface area contributed by atoms with Gasteiger partial charge in [-0.15, -0.1) is 0 Å². The van der Waals surface area contributed by atoms with Crippen LogP contribution in [-0.4, -0.2) is 30.6 Å². The van der Waals surface area contributed by atoms with Gasteiger partial charge in [0.25, 0.3) is 0 Å². The first-order valence-corrected chi connectivity index (χ1v) is 5.32. The molecule has 0 saturated carbocycles. The second-order valence-electron chi connectivity index (χ2n) is 4.13. The number of phenols is 6. The van der Waals surface area contributed by atoms with Gasteiger partial charge in [0.1, 0.15) is 0 Å². The number of aromatic hydroxyl groups is 6. The van der Waals surface area contributed by atoms with E-state index in [1.165, 1.54) is 13.0 Å². The van der Waals surface area contributed by atoms with E-state index in [0.717, 1.165) is 12.1 Å². The van der Waals surface area contributed by atoms with Crippen LogP contribution in [-0.2, 0) is 0 Å². The van der Waals surface area contributed by atoms with Crippen molar-refractivity contribution in [2.24, 2.45) is 0 Å². The van der Waals surface area contributed by atoms with E-state index in [1.54, 1.807) is 0 Å². The molecule has 0 heterocycles. The molecule has 0 radical (unpaired) electrons. The van der Waals surface area contributed by atoms with Gasteiger partial charge in [0, 0.05) is 5.56 Å². The van der Waals surface area contributed by atoms with E-state index < -0.39 is 34.5 Å². The number of benzene rings is 2. The second-order valence-corrected chi connectivity index (χ2v) is 4.13. The summed E-state index contributed by atoms with van der Waals surface area (Å²) in [4.78, 5) is 0. The van der Waals surface area contributed by atoms with E-state index in [4.69, 9.17) is 0 Å². The van der Waals surface area contributed by atoms with E-state index >= 15 is 0 Å². The normalized spacial score (nSPS) is 10.6. The molecule has 0 atom stereocenters. The number of phenolic OH excluding ortho intramolecular Hbond substituents is 6. The van der Waals surface area contributed by atoms with Gasteiger partial charge >= 0.3 is 0 Å². The first-order chi connectivity index (χ1) is 8.82. The summed E-state index contributed by atoms with van der Waals surface area (Å²) in [5.41, 5.74) is 0.800. The smallest absolute Gasteiger partial charge is 0.200 e. The molecule has 100 valence electrons. The van der Waals surface area contributed by atoms with Crippen molar-refractivity contribution in [2.45, 2.75) is 6.92 Å². The van der Waals surface area contributed by atoms with Gasteiger partial charge in [0.15, 0.2) is 28.7 Å². The maximum atomic E-state index is 9.64. The Balaban J connectivity index is 2.73. The standard InChI is InChI=1S/C13H12O6/c1-5-7(4-10(16)13(19)11(5)17)6-2-8(14)12(18)9(15)3-6/h2-4,14-19H,1H3. The molecule has 0 aliphatic carbocycles. The topological polar surface area (TPSA) is 121 Å². The zero-order chi connectivity index (χ0) is 14.3. The molecule has 2 aromatic rings. The summed E-state index contributed by atoms with van der Waals surface area (Å²) in [6, 6.07) is 3.50. The molecule has 0 aromatic heterocycles. The first-order valence-electron chi connectivity index (χ1n) is 5.32. The summed E-state index contributed by atoms with van der Waals surface area (Å²) in [7, 11) is 0. The fourth-order valence-corrected chi connectivity index (χ4v) is 1.80. The molecule has 0 fully saturated rings. The van der Waals surface area contributed by atoms with Crippen LogP contribution in [0.5, 0.6) is 34.5 Å². The minimum absolute atomic E-state index is 0.250. The maximum absolute atomic E-state index is 9.64. The predicted molar refractivity (Wildman–Crippen MR) is 66.6 cm³/mol. The van der Waals surface area contributed by atoms with Crippen molar-refractivity contribution in [3.63, 3.8) is 0 Å². The van der Waals surface area contributed by atoms with E-state index in [0.29, 0.717) is 5.56 Å². The molecular formula is C13H12O6. The maximum Gasteiger partial charge on any atom is 0.200 e. The average molecular weight is 264 g/mol. The third-order valence-electron chi connectivity index (χ3n) is 2.89. The lowest BCUT2D eigenvalue weighted by Gasteiger charge is -2.12. The molecule has 0 bridgehead atoms. The lowest BCUT2D eigenvalue weighted by Crippen LogP contribution is -1.86. The Hall–Kier alpha value is -2.76. The molecule has 0 saturated heterocycles. The molecule has 6 N–H and O–H groups in total. The van der Waals surface area contributed by atoms with Crippen LogP contribution in [0.1, 0.15) is 5.56 Å². The summed E-state index contributed by atoms with van der Waals surface area (Å²) < 4.78 is 0. The minimum Gasteiger partial charge on any atom is -0.504 e. The van der Waals surface area contributed by atoms with E-state index in [1.807, 2.05) is 0 Å². The molecule has 0 spiro atoms. The number of rotatable bonds is 1. The van der Waals surface area contributed by atoms with Gasteiger partial charge in [-0.25, -0.2) is 0 Å². The van der Waals surface area contributed by atoms with Gasteiger partial charge in [-0.1, -0.05) is 0 Å². The van der Waals surface area contributed by atoms with Crippen molar-refractivity contribution in [3.8, 4) is 45.6 Å². The Labute approximate surface area is 108 Å². The zero-order valence-corrected chi connectivity index (χ0v) is 9.92. The highest BCUT2D eigenvalue weighted by Gasteiger charge is 2.17. The van der Waals surface area contributed by atoms with Crippen LogP contribution in [0.4, 0.5) is 0 Å². The number of hydrogen-bond acceptors (Lipinski definition) is 6. The van der Waals surface area contributed by atoms with Crippen LogP contribution in [0.15, 0.2) is 18.2 Å². The van der Waals surface area contributed by atoms with Gasteiger partial charge in [-0.3, -0.25) is 0 Å². The molecule has 19 heavy (non-hydrogen) atoms. The van der Waals surface area contributed by atoms with E-state index in [-0.39, 0.29) is 11.1 Å². The van der Waals surface area contributed by atoms with Gasteiger partial charge < -0.3 is 30.6 Å². The summed E-state index contributed by atoms with van der Waals surface area (Å²) in [5, 5.41) is 56.6. The third kappa shape index (κ3) is 1.93. The van der Waals surface area contributed by atoms with E-state index in [9.17, 15) is 30.6 Å². The summed E-state index contributed by atoms with van der Waals surface area (Å²) >= 11 is 0. The molecule has 0 aliphatic rings. The van der Waals surface area contributed by atoms with Crippen LogP contribution in [0.25, 0.3) is 11.1 Å². The van der Waals surface area contributed by atoms with Crippen LogP contribution in [0.3, 0.4) is 0 Å². The molecule has 6 nitrogen and oxygen atoms in total. The van der Waals surface area contributed by atoms with Crippen molar-refractivity contribution in [3.05, 3.63) is 23.8 Å². The highest BCUT2D eigenvalue weighted by Crippen LogP contribution is 2.45. The Morgan fingerprint density at radius 2 is 1.11 bits per heavy atom. The summed E-state index contributed by atoms with van der Waals surface area (Å²) in [5.74, 6) is -3.42. The molecule has 2 aromatic carbocycles. The predicted octanol–water partition coefficient (Wildman–Crippen LogP) is 1.90. The summed E-state index contributed by atoms with van der Waals surface area (Å²) in [6.45, 7) is 1.49. The fourth-order valence-electron chi connectivity index (χ4n) is 1.80. The Morgan fingerprint density at radius 3 is 1.63 bits per heavy atom. The molecule has 2 rings (SSSR count). The van der Waals surface area contributed by atoms with Crippen molar-refractivity contribution < 1.29 is 30.6 Å². The van der Waals surface area contributed by atoms with Gasteiger partial charge in [-0.2, -0.15) is 0 Å². The van der Waals surface area contributed by atoms with Crippen molar-refractivity contribution >= 4 is 0 Å². The number of hydrogen-bond donors (Lipinski definition) is 6. The third-order valence-corrected chi connectivity index (χ3v) is 2.89. The highest BCUT2D eigenvalue weighted by molar-refractivity contribution is 5.77. The molecule has 6 heteroatoms. The van der Waals surface area contributed by atoms with Crippen LogP contribution in [0.2, 0.25) is 0 Å². The molecule has 0 unspecified atom stereocenters. The molecular weight excluding hydrogens is 252 g/mol. The van der Waals surface area contributed by atoms with Crippen LogP contribution in [0, 0.1) is 6.92 Å². The quantitative estimate of drug-likeness (QED) is 0.437. The van der Waals surface area contributed by atoms with Gasteiger partial charge in [-0.05, 0) is 36.2 Å². The Morgan fingerprint density at radius 1 is 0.632 bits per heavy atom. The first kappa shape index (κ1) is 12.7. The van der Waals surface area contributed by atoms with Crippen molar-refractivity contribution in [1.29, 1.82) is 0 Å². The Bertz CT molecular complexity index is 640. The lowest BCUT2D eigenvalue weighted by molar-refractivity contribution is 0.366. The monoisotopic (exact) mass is 264 g/mol. The summed E-state index contributed by atoms with van der Waals surface area (Å²) in [6.07, 6.45) is 0. The fraction of sp³-hybridized carbons (Fsp3) is 0.0769. The van der Waals surface area contributed by atoms with Crippen molar-refractivity contribution in [2.75, 3.05) is 0 Å². The molecule has 0 aliphatic heterocycles. The second kappa shape index (κ2) is 4.16. The lowest BCUT2D eigenvalue weighted by atomic mass is 9.98. The van der Waals surface area contributed by atoms with Gasteiger partial charge in [0.2, 0.25) is 5.75 Å². The van der Waals surface area contributed by atoms with Gasteiger partial charge in [0.05, 0.1) is 0 Å². The van der Waals surface area contributed by atoms with Crippen LogP contribution >= 0.6 is 0 Å². The average Bonchev–Trinajstić information content (AvgIpc) is 2.37. The minimum atomic E-state index is -0.659.